The van der Waals surface area contributed by atoms with Crippen LogP contribution < -0.4 is 10.9 Å². The molecular weight excluding hydrogens is 492 g/mol. The van der Waals surface area contributed by atoms with E-state index in [9.17, 15) is 9.90 Å². The first-order valence-electron chi connectivity index (χ1n) is 13.9. The third-order valence-corrected chi connectivity index (χ3v) is 8.25. The van der Waals surface area contributed by atoms with Crippen LogP contribution in [0.5, 0.6) is 5.88 Å². The molecule has 1 aliphatic rings. The highest BCUT2D eigenvalue weighted by molar-refractivity contribution is 6.11. The molecule has 0 amide bonds. The third-order valence-electron chi connectivity index (χ3n) is 8.25. The van der Waals surface area contributed by atoms with Gasteiger partial charge in [-0.25, -0.2) is 9.56 Å². The minimum absolute atomic E-state index is 0.0226. The molecule has 0 atom stereocenters. The van der Waals surface area contributed by atoms with Gasteiger partial charge in [0, 0.05) is 32.5 Å². The first-order valence-corrected chi connectivity index (χ1v) is 13.9. The number of hydrogen-bond acceptors (Lipinski definition) is 3. The van der Waals surface area contributed by atoms with E-state index in [0.29, 0.717) is 10.8 Å². The fraction of sp³-hybridized carbons (Fsp3) is 0.167. The normalized spacial score (nSPS) is 13.2. The van der Waals surface area contributed by atoms with Crippen LogP contribution in [-0.2, 0) is 0 Å². The molecule has 0 saturated heterocycles. The third kappa shape index (κ3) is 3.39. The van der Waals surface area contributed by atoms with Gasteiger partial charge in [0.05, 0.1) is 16.7 Å². The SMILES string of the molecule is CC(C)c1cccc(C(C)C)c1-n1c(O)c2cccc3c(=c4cccc5c4=Nc4ccccc4-5)ccc(c1=O)c23. The number of fused-ring (bicyclic) bond motifs is 3. The Morgan fingerprint density at radius 1 is 0.650 bits per heavy atom. The molecule has 2 heterocycles. The molecule has 0 saturated carbocycles. The van der Waals surface area contributed by atoms with Crippen molar-refractivity contribution < 1.29 is 5.11 Å². The Morgan fingerprint density at radius 2 is 1.30 bits per heavy atom. The second-order valence-corrected chi connectivity index (χ2v) is 11.3. The predicted octanol–water partition coefficient (Wildman–Crippen LogP) is 8.03. The fourth-order valence-electron chi connectivity index (χ4n) is 6.34. The van der Waals surface area contributed by atoms with E-state index in [1.165, 1.54) is 4.57 Å². The van der Waals surface area contributed by atoms with Crippen LogP contribution in [-0.4, -0.2) is 9.67 Å². The molecule has 6 aromatic rings. The van der Waals surface area contributed by atoms with Crippen molar-refractivity contribution in [3.63, 3.8) is 0 Å². The van der Waals surface area contributed by atoms with E-state index in [4.69, 9.17) is 4.99 Å². The highest BCUT2D eigenvalue weighted by atomic mass is 16.3. The van der Waals surface area contributed by atoms with Gasteiger partial charge in [-0.05, 0) is 51.8 Å². The molecule has 4 heteroatoms. The lowest BCUT2D eigenvalue weighted by molar-refractivity contribution is 0.442. The molecule has 196 valence electrons. The Morgan fingerprint density at radius 3 is 2.05 bits per heavy atom. The maximum atomic E-state index is 14.3. The van der Waals surface area contributed by atoms with Crippen LogP contribution in [0, 0.1) is 10.4 Å². The van der Waals surface area contributed by atoms with Gasteiger partial charge in [-0.3, -0.25) is 4.79 Å². The summed E-state index contributed by atoms with van der Waals surface area (Å²) in [5.74, 6) is 0.342. The molecule has 0 radical (unpaired) electrons. The molecule has 1 aromatic heterocycles. The van der Waals surface area contributed by atoms with Gasteiger partial charge >= 0.3 is 0 Å². The lowest BCUT2D eigenvalue weighted by Gasteiger charge is -2.23. The Bertz CT molecular complexity index is 2180. The summed E-state index contributed by atoms with van der Waals surface area (Å²) in [5.41, 5.74) is 5.87. The molecule has 5 aromatic carbocycles. The van der Waals surface area contributed by atoms with Gasteiger partial charge in [0.2, 0.25) is 5.88 Å². The van der Waals surface area contributed by atoms with Gasteiger partial charge in [0.25, 0.3) is 5.56 Å². The number of pyridine rings is 1. The zero-order chi connectivity index (χ0) is 27.7. The molecular formula is C36H30N2O2. The van der Waals surface area contributed by atoms with E-state index in [1.54, 1.807) is 0 Å². The standard InChI is InChI=1S/C36H30N2O2/c1-20(2)22-11-7-12-23(21(3)4)34(22)38-35(39)29-16-8-13-26-24(18-19-30(32(26)29)36(38)40)27-14-9-15-28-25-10-5-6-17-31(25)37-33(27)28/h5-21,39H,1-4H3. The number of aromatic nitrogens is 1. The average molecular weight is 523 g/mol. The average Bonchev–Trinajstić information content (AvgIpc) is 3.34. The molecule has 0 unspecified atom stereocenters. The lowest BCUT2D eigenvalue weighted by Crippen LogP contribution is -2.22. The minimum atomic E-state index is -0.210. The summed E-state index contributed by atoms with van der Waals surface area (Å²) in [6.45, 7) is 8.49. The molecule has 1 aliphatic heterocycles. The molecule has 40 heavy (non-hydrogen) atoms. The summed E-state index contributed by atoms with van der Waals surface area (Å²) in [6, 6.07) is 30.5. The number of benzene rings is 5. The Kier molecular flexibility index (Phi) is 5.43. The monoisotopic (exact) mass is 522 g/mol. The molecule has 0 spiro atoms. The highest BCUT2D eigenvalue weighted by Crippen LogP contribution is 2.38. The van der Waals surface area contributed by atoms with Crippen LogP contribution in [0.2, 0.25) is 0 Å². The van der Waals surface area contributed by atoms with Gasteiger partial charge < -0.3 is 5.11 Å². The van der Waals surface area contributed by atoms with Crippen molar-refractivity contribution in [3.05, 3.63) is 128 Å². The van der Waals surface area contributed by atoms with Crippen molar-refractivity contribution in [2.45, 2.75) is 39.5 Å². The van der Waals surface area contributed by atoms with Gasteiger partial charge in [-0.15, -0.1) is 0 Å². The van der Waals surface area contributed by atoms with Crippen LogP contribution >= 0.6 is 0 Å². The summed E-state index contributed by atoms with van der Waals surface area (Å²) in [6.07, 6.45) is 0. The summed E-state index contributed by atoms with van der Waals surface area (Å²) in [5, 5.41) is 17.7. The van der Waals surface area contributed by atoms with E-state index in [0.717, 1.165) is 60.2 Å². The van der Waals surface area contributed by atoms with Crippen molar-refractivity contribution in [2.24, 2.45) is 4.99 Å². The quantitative estimate of drug-likeness (QED) is 0.255. The Labute approximate surface area is 232 Å². The number of rotatable bonds is 3. The smallest absolute Gasteiger partial charge is 0.265 e. The molecule has 0 aliphatic carbocycles. The number of para-hydroxylation sites is 3. The summed E-state index contributed by atoms with van der Waals surface area (Å²) in [7, 11) is 0. The lowest BCUT2D eigenvalue weighted by atomic mass is 9.92. The van der Waals surface area contributed by atoms with Crippen molar-refractivity contribution >= 4 is 27.2 Å². The van der Waals surface area contributed by atoms with Crippen LogP contribution in [0.3, 0.4) is 0 Å². The van der Waals surface area contributed by atoms with Crippen molar-refractivity contribution in [3.8, 4) is 22.7 Å². The summed E-state index contributed by atoms with van der Waals surface area (Å²) < 4.78 is 1.54. The Hall–Kier alpha value is -4.70. The molecule has 1 N–H and O–H groups in total. The largest absolute Gasteiger partial charge is 0.494 e. The maximum Gasteiger partial charge on any atom is 0.265 e. The van der Waals surface area contributed by atoms with E-state index < -0.39 is 0 Å². The highest BCUT2D eigenvalue weighted by Gasteiger charge is 2.23. The number of nitrogens with zero attached hydrogens (tertiary/aromatic N) is 2. The molecule has 4 nitrogen and oxygen atoms in total. The summed E-state index contributed by atoms with van der Waals surface area (Å²) in [4.78, 5) is 19.3. The molecule has 7 rings (SSSR count). The van der Waals surface area contributed by atoms with Crippen molar-refractivity contribution in [1.82, 2.24) is 4.57 Å². The predicted molar refractivity (Wildman–Crippen MR) is 163 cm³/mol. The zero-order valence-corrected chi connectivity index (χ0v) is 23.1. The number of aromatic hydroxyl groups is 1. The maximum absolute atomic E-state index is 14.3. The van der Waals surface area contributed by atoms with Gasteiger partial charge in [0.15, 0.2) is 0 Å². The van der Waals surface area contributed by atoms with E-state index >= 15 is 0 Å². The first kappa shape index (κ1) is 24.3. The van der Waals surface area contributed by atoms with Crippen LogP contribution in [0.4, 0.5) is 5.69 Å². The van der Waals surface area contributed by atoms with E-state index in [2.05, 4.69) is 64.1 Å². The fourth-order valence-corrected chi connectivity index (χ4v) is 6.34. The van der Waals surface area contributed by atoms with Crippen LogP contribution in [0.15, 0.2) is 101 Å². The first-order chi connectivity index (χ1) is 19.4. The van der Waals surface area contributed by atoms with Crippen LogP contribution in [0.1, 0.15) is 50.7 Å². The summed E-state index contributed by atoms with van der Waals surface area (Å²) >= 11 is 0. The molecule has 0 fully saturated rings. The van der Waals surface area contributed by atoms with Crippen molar-refractivity contribution in [2.75, 3.05) is 0 Å². The van der Waals surface area contributed by atoms with Gasteiger partial charge in [0.1, 0.15) is 0 Å². The second kappa shape index (κ2) is 8.92. The minimum Gasteiger partial charge on any atom is -0.494 e. The second-order valence-electron chi connectivity index (χ2n) is 11.3. The Balaban J connectivity index is 1.64. The van der Waals surface area contributed by atoms with E-state index in [1.807, 2.05) is 54.6 Å². The van der Waals surface area contributed by atoms with Gasteiger partial charge in [-0.2, -0.15) is 0 Å². The topological polar surface area (TPSA) is 54.6 Å². The number of hydrogen-bond donors (Lipinski definition) is 1. The van der Waals surface area contributed by atoms with E-state index in [-0.39, 0.29) is 23.3 Å². The van der Waals surface area contributed by atoms with Crippen molar-refractivity contribution in [1.29, 1.82) is 0 Å². The zero-order valence-electron chi connectivity index (χ0n) is 23.1. The van der Waals surface area contributed by atoms with Gasteiger partial charge in [-0.1, -0.05) is 100 Å². The van der Waals surface area contributed by atoms with Crippen LogP contribution in [0.25, 0.3) is 38.4 Å². The molecule has 0 bridgehead atoms.